The highest BCUT2D eigenvalue weighted by molar-refractivity contribution is 14.0. The highest BCUT2D eigenvalue weighted by Crippen LogP contribution is 2.22. The fourth-order valence-electron chi connectivity index (χ4n) is 2.81. The first kappa shape index (κ1) is 23.3. The van der Waals surface area contributed by atoms with Crippen LogP contribution in [-0.4, -0.2) is 49.1 Å². The van der Waals surface area contributed by atoms with Gasteiger partial charge in [0.25, 0.3) is 0 Å². The lowest BCUT2D eigenvalue weighted by Gasteiger charge is -2.30. The average molecular weight is 508 g/mol. The molecule has 0 amide bonds. The number of likely N-dealkylation sites (N-methyl/N-ethyl adjacent to an activating group) is 1. The first-order valence-electron chi connectivity index (χ1n) is 8.79. The number of aryl methyl sites for hydroxylation is 1. The van der Waals surface area contributed by atoms with Crippen LogP contribution in [-0.2, 0) is 6.42 Å². The number of hydrogen-bond acceptors (Lipinski definition) is 5. The van der Waals surface area contributed by atoms with E-state index in [1.807, 2.05) is 13.2 Å². The Morgan fingerprint density at radius 1 is 1.31 bits per heavy atom. The third kappa shape index (κ3) is 7.13. The Kier molecular flexibility index (Phi) is 11.3. The fraction of sp³-hybridized carbons (Fsp3) is 0.556. The van der Waals surface area contributed by atoms with Crippen LogP contribution in [0.3, 0.4) is 0 Å². The number of aromatic nitrogens is 1. The zero-order chi connectivity index (χ0) is 18.1. The summed E-state index contributed by atoms with van der Waals surface area (Å²) in [6.07, 6.45) is 2.85. The number of nitrogens with zero attached hydrogens (tertiary/aromatic N) is 3. The third-order valence-electron chi connectivity index (χ3n) is 4.17. The summed E-state index contributed by atoms with van der Waals surface area (Å²) in [7, 11) is 1.82. The summed E-state index contributed by atoms with van der Waals surface area (Å²) in [5, 5.41) is 12.4. The number of hydrogen-bond donors (Lipinski definition) is 2. The van der Waals surface area contributed by atoms with Gasteiger partial charge in [-0.3, -0.25) is 9.89 Å². The Morgan fingerprint density at radius 2 is 2.08 bits per heavy atom. The Labute approximate surface area is 182 Å². The standard InChI is InChI=1S/C18H29N5S2.HI/c1-5-23(6-2)16(15-8-10-24-13-15)12-22-18(19-4)20-9-7-17-21-11-14(3)25-17;/h8,10-11,13,16H,5-7,9,12H2,1-4H3,(H2,19,20,22);1H. The summed E-state index contributed by atoms with van der Waals surface area (Å²) in [4.78, 5) is 12.5. The Morgan fingerprint density at radius 3 is 2.62 bits per heavy atom. The molecule has 26 heavy (non-hydrogen) atoms. The molecule has 0 bridgehead atoms. The minimum atomic E-state index is 0. The van der Waals surface area contributed by atoms with Crippen molar-refractivity contribution in [1.82, 2.24) is 20.5 Å². The quantitative estimate of drug-likeness (QED) is 0.307. The Bertz CT molecular complexity index is 638. The highest BCUT2D eigenvalue weighted by Gasteiger charge is 2.18. The first-order chi connectivity index (χ1) is 12.2. The number of halogens is 1. The van der Waals surface area contributed by atoms with Crippen molar-refractivity contribution in [3.8, 4) is 0 Å². The molecular formula is C18H30IN5S2. The maximum absolute atomic E-state index is 4.40. The Hall–Kier alpha value is -0.710. The molecule has 1 atom stereocenters. The van der Waals surface area contributed by atoms with Crippen molar-refractivity contribution < 1.29 is 0 Å². The smallest absolute Gasteiger partial charge is 0.191 e. The second kappa shape index (κ2) is 12.6. The van der Waals surface area contributed by atoms with Crippen LogP contribution in [0.5, 0.6) is 0 Å². The number of guanidine groups is 1. The van der Waals surface area contributed by atoms with E-state index in [-0.39, 0.29) is 24.0 Å². The molecule has 0 saturated heterocycles. The van der Waals surface area contributed by atoms with E-state index in [0.717, 1.165) is 38.6 Å². The maximum Gasteiger partial charge on any atom is 0.191 e. The summed E-state index contributed by atoms with van der Waals surface area (Å²) in [5.41, 5.74) is 1.37. The molecule has 8 heteroatoms. The van der Waals surface area contributed by atoms with Gasteiger partial charge < -0.3 is 10.6 Å². The number of rotatable bonds is 9. The first-order valence-corrected chi connectivity index (χ1v) is 10.6. The second-order valence-corrected chi connectivity index (χ2v) is 7.89. The van der Waals surface area contributed by atoms with Gasteiger partial charge in [-0.05, 0) is 42.4 Å². The van der Waals surface area contributed by atoms with Gasteiger partial charge in [0.1, 0.15) is 0 Å². The van der Waals surface area contributed by atoms with Gasteiger partial charge in [0.2, 0.25) is 0 Å². The molecule has 0 aromatic carbocycles. The predicted octanol–water partition coefficient (Wildman–Crippen LogP) is 3.92. The average Bonchev–Trinajstić information content (AvgIpc) is 3.28. The molecule has 5 nitrogen and oxygen atoms in total. The van der Waals surface area contributed by atoms with Gasteiger partial charge in [-0.25, -0.2) is 4.98 Å². The van der Waals surface area contributed by atoms with Crippen molar-refractivity contribution in [3.05, 3.63) is 38.5 Å². The molecule has 2 N–H and O–H groups in total. The SMILES string of the molecule is CCN(CC)C(CNC(=NC)NCCc1ncc(C)s1)c1ccsc1.I. The molecular weight excluding hydrogens is 477 g/mol. The normalized spacial score (nSPS) is 12.7. The van der Waals surface area contributed by atoms with Gasteiger partial charge in [0.15, 0.2) is 5.96 Å². The van der Waals surface area contributed by atoms with Gasteiger partial charge in [-0.15, -0.1) is 35.3 Å². The van der Waals surface area contributed by atoms with E-state index in [1.165, 1.54) is 15.4 Å². The molecule has 2 aromatic heterocycles. The molecule has 0 radical (unpaired) electrons. The molecule has 0 aliphatic heterocycles. The molecule has 0 spiro atoms. The Balaban J connectivity index is 0.00000338. The topological polar surface area (TPSA) is 52.5 Å². The van der Waals surface area contributed by atoms with Crippen LogP contribution < -0.4 is 10.6 Å². The van der Waals surface area contributed by atoms with Crippen molar-refractivity contribution in [2.24, 2.45) is 4.99 Å². The molecule has 0 saturated carbocycles. The summed E-state index contributed by atoms with van der Waals surface area (Å²) >= 11 is 3.51. The van der Waals surface area contributed by atoms with Crippen molar-refractivity contribution in [1.29, 1.82) is 0 Å². The van der Waals surface area contributed by atoms with Gasteiger partial charge in [-0.2, -0.15) is 11.3 Å². The second-order valence-electron chi connectivity index (χ2n) is 5.79. The molecule has 2 aromatic rings. The third-order valence-corrected chi connectivity index (χ3v) is 5.84. The lowest BCUT2D eigenvalue weighted by atomic mass is 10.1. The lowest BCUT2D eigenvalue weighted by Crippen LogP contribution is -2.43. The van der Waals surface area contributed by atoms with E-state index in [2.05, 4.69) is 63.1 Å². The van der Waals surface area contributed by atoms with E-state index in [1.54, 1.807) is 22.7 Å². The molecule has 0 aliphatic rings. The monoisotopic (exact) mass is 507 g/mol. The van der Waals surface area contributed by atoms with Gasteiger partial charge in [0, 0.05) is 37.6 Å². The molecule has 0 aliphatic carbocycles. The van der Waals surface area contributed by atoms with Crippen molar-refractivity contribution in [2.75, 3.05) is 33.2 Å². The van der Waals surface area contributed by atoms with Gasteiger partial charge >= 0.3 is 0 Å². The number of thiazole rings is 1. The summed E-state index contributed by atoms with van der Waals surface area (Å²) in [6.45, 7) is 10.3. The van der Waals surface area contributed by atoms with E-state index in [0.29, 0.717) is 6.04 Å². The van der Waals surface area contributed by atoms with Crippen LogP contribution in [0, 0.1) is 6.92 Å². The highest BCUT2D eigenvalue weighted by atomic mass is 127. The molecule has 2 rings (SSSR count). The van der Waals surface area contributed by atoms with Crippen molar-refractivity contribution in [2.45, 2.75) is 33.2 Å². The van der Waals surface area contributed by atoms with Crippen molar-refractivity contribution >= 4 is 52.6 Å². The van der Waals surface area contributed by atoms with Crippen LogP contribution in [0.2, 0.25) is 0 Å². The van der Waals surface area contributed by atoms with Crippen LogP contribution in [0.1, 0.15) is 35.3 Å². The van der Waals surface area contributed by atoms with E-state index >= 15 is 0 Å². The molecule has 0 fully saturated rings. The van der Waals surface area contributed by atoms with Crippen molar-refractivity contribution in [3.63, 3.8) is 0 Å². The maximum atomic E-state index is 4.40. The largest absolute Gasteiger partial charge is 0.356 e. The minimum Gasteiger partial charge on any atom is -0.356 e. The summed E-state index contributed by atoms with van der Waals surface area (Å²) in [5.74, 6) is 0.848. The number of aliphatic imine (C=N–C) groups is 1. The van der Waals surface area contributed by atoms with E-state index in [9.17, 15) is 0 Å². The summed E-state index contributed by atoms with van der Waals surface area (Å²) in [6, 6.07) is 2.58. The zero-order valence-electron chi connectivity index (χ0n) is 16.0. The number of thiophene rings is 1. The zero-order valence-corrected chi connectivity index (χ0v) is 20.0. The van der Waals surface area contributed by atoms with Gasteiger partial charge in [-0.1, -0.05) is 13.8 Å². The fourth-order valence-corrected chi connectivity index (χ4v) is 4.30. The lowest BCUT2D eigenvalue weighted by molar-refractivity contribution is 0.219. The van der Waals surface area contributed by atoms with E-state index < -0.39 is 0 Å². The van der Waals surface area contributed by atoms with Crippen LogP contribution in [0.25, 0.3) is 0 Å². The summed E-state index contributed by atoms with van der Waals surface area (Å²) < 4.78 is 0. The molecule has 146 valence electrons. The van der Waals surface area contributed by atoms with Gasteiger partial charge in [0.05, 0.1) is 11.0 Å². The van der Waals surface area contributed by atoms with Crippen LogP contribution in [0.15, 0.2) is 28.0 Å². The minimum absolute atomic E-state index is 0. The van der Waals surface area contributed by atoms with Crippen LogP contribution in [0.4, 0.5) is 0 Å². The predicted molar refractivity (Wildman–Crippen MR) is 125 cm³/mol. The van der Waals surface area contributed by atoms with Crippen LogP contribution >= 0.6 is 46.7 Å². The number of nitrogens with one attached hydrogen (secondary N) is 2. The molecule has 1 unspecified atom stereocenters. The van der Waals surface area contributed by atoms with E-state index in [4.69, 9.17) is 0 Å². The molecule has 2 heterocycles.